The summed E-state index contributed by atoms with van der Waals surface area (Å²) >= 11 is 3.58. The Morgan fingerprint density at radius 1 is 1.14 bits per heavy atom. The number of hydrogen-bond donors (Lipinski definition) is 2. The number of nitrogens with zero attached hydrogens (tertiary/aromatic N) is 6. The van der Waals surface area contributed by atoms with Crippen molar-refractivity contribution in [2.45, 2.75) is 77.3 Å². The van der Waals surface area contributed by atoms with Crippen molar-refractivity contribution in [2.75, 3.05) is 5.32 Å². The molecule has 2 fully saturated rings. The van der Waals surface area contributed by atoms with E-state index in [2.05, 4.69) is 59.1 Å². The van der Waals surface area contributed by atoms with E-state index in [-0.39, 0.29) is 23.4 Å². The largest absolute Gasteiger partial charge is 0.346 e. The molecule has 0 bridgehead atoms. The minimum absolute atomic E-state index is 0.0246. The molecule has 220 valence electrons. The molecule has 2 N–H and O–H groups in total. The van der Waals surface area contributed by atoms with E-state index in [1.807, 2.05) is 42.3 Å². The monoisotopic (exact) mass is 634 g/mol. The smallest absolute Gasteiger partial charge is 0.276 e. The molecule has 2 aliphatic carbocycles. The molecule has 6 rings (SSSR count). The van der Waals surface area contributed by atoms with Crippen LogP contribution in [0.2, 0.25) is 0 Å². The van der Waals surface area contributed by atoms with Gasteiger partial charge in [0.25, 0.3) is 5.91 Å². The summed E-state index contributed by atoms with van der Waals surface area (Å²) in [4.78, 5) is 30.3. The maximum atomic E-state index is 13.3. The maximum absolute atomic E-state index is 13.3. The fraction of sp³-hybridized carbons (Fsp3) is 0.500. The van der Waals surface area contributed by atoms with Gasteiger partial charge < -0.3 is 15.0 Å². The van der Waals surface area contributed by atoms with E-state index in [0.717, 1.165) is 47.9 Å². The zero-order valence-corrected chi connectivity index (χ0v) is 25.4. The number of carbonyl (C=O) groups is 1. The van der Waals surface area contributed by atoms with Gasteiger partial charge >= 0.3 is 0 Å². The van der Waals surface area contributed by atoms with Crippen LogP contribution in [-0.4, -0.2) is 47.4 Å². The number of pyridine rings is 1. The molecule has 4 heterocycles. The molecule has 4 aromatic rings. The molecule has 4 aromatic heterocycles. The number of amides is 1. The predicted molar refractivity (Wildman–Crippen MR) is 159 cm³/mol. The first kappa shape index (κ1) is 28.4. The highest BCUT2D eigenvalue weighted by molar-refractivity contribution is 9.10. The van der Waals surface area contributed by atoms with Gasteiger partial charge in [-0.25, -0.2) is 14.4 Å². The summed E-state index contributed by atoms with van der Waals surface area (Å²) < 4.78 is 9.84. The summed E-state index contributed by atoms with van der Waals surface area (Å²) in [7, 11) is 0. The van der Waals surface area contributed by atoms with Gasteiger partial charge in [0.2, 0.25) is 0 Å². The fourth-order valence-corrected chi connectivity index (χ4v) is 6.35. The Bertz CT molecular complexity index is 1610. The number of carbonyl (C=O) groups excluding carboxylic acids is 2. The summed E-state index contributed by atoms with van der Waals surface area (Å²) in [6, 6.07) is 3.38. The van der Waals surface area contributed by atoms with Crippen LogP contribution in [0.1, 0.15) is 86.7 Å². The standard InChI is InChI=1S/C30H35BrN8O3/c1-3-23-29(37-42-36-23)30(41)35-28(20-8-4-18(2)5-9-20)24(17-40)34-22-13-33-39(16-22)25(12-19-6-7-19)26-14-32-27-11-10-21(31)15-38(26)27/h10-11,13-16,18-20,25,28,34H,3-9,12H2,1-2H3,(H,35,41)/t18?,20?,25?,28-/m0/s1. The van der Waals surface area contributed by atoms with E-state index in [9.17, 15) is 9.59 Å². The minimum atomic E-state index is -0.564. The van der Waals surface area contributed by atoms with Crippen molar-refractivity contribution in [3.63, 3.8) is 0 Å². The average molecular weight is 636 g/mol. The quantitative estimate of drug-likeness (QED) is 0.210. The second-order valence-corrected chi connectivity index (χ2v) is 12.6. The normalized spacial score (nSPS) is 20.2. The summed E-state index contributed by atoms with van der Waals surface area (Å²) in [5, 5.41) is 18.7. The summed E-state index contributed by atoms with van der Waals surface area (Å²) in [6.07, 6.45) is 15.3. The van der Waals surface area contributed by atoms with Crippen LogP contribution in [0.5, 0.6) is 0 Å². The number of aromatic nitrogens is 6. The molecule has 42 heavy (non-hydrogen) atoms. The van der Waals surface area contributed by atoms with Crippen molar-refractivity contribution in [3.05, 3.63) is 64.2 Å². The van der Waals surface area contributed by atoms with Crippen LogP contribution < -0.4 is 10.6 Å². The second-order valence-electron chi connectivity index (χ2n) is 11.7. The molecule has 2 saturated carbocycles. The van der Waals surface area contributed by atoms with Crippen LogP contribution >= 0.6 is 15.9 Å². The van der Waals surface area contributed by atoms with Crippen LogP contribution in [0.3, 0.4) is 0 Å². The molecule has 1 amide bonds. The van der Waals surface area contributed by atoms with E-state index in [0.29, 0.717) is 29.6 Å². The minimum Gasteiger partial charge on any atom is -0.346 e. The van der Waals surface area contributed by atoms with Gasteiger partial charge in [-0.05, 0) is 76.7 Å². The van der Waals surface area contributed by atoms with Gasteiger partial charge in [-0.1, -0.05) is 44.7 Å². The van der Waals surface area contributed by atoms with Crippen molar-refractivity contribution in [1.29, 1.82) is 0 Å². The highest BCUT2D eigenvalue weighted by atomic mass is 79.9. The first-order chi connectivity index (χ1) is 20.4. The zero-order chi connectivity index (χ0) is 29.2. The summed E-state index contributed by atoms with van der Waals surface area (Å²) in [5.74, 6) is 3.03. The van der Waals surface area contributed by atoms with Gasteiger partial charge in [0.1, 0.15) is 23.0 Å². The Labute approximate surface area is 252 Å². The van der Waals surface area contributed by atoms with Crippen LogP contribution in [-0.2, 0) is 11.2 Å². The Kier molecular flexibility index (Phi) is 8.26. The lowest BCUT2D eigenvalue weighted by Gasteiger charge is -2.33. The van der Waals surface area contributed by atoms with Gasteiger partial charge in [-0.15, -0.1) is 0 Å². The molecule has 0 saturated heterocycles. The van der Waals surface area contributed by atoms with Gasteiger partial charge in [0, 0.05) is 16.9 Å². The fourth-order valence-electron chi connectivity index (χ4n) is 6.01. The third-order valence-electron chi connectivity index (χ3n) is 8.64. The van der Waals surface area contributed by atoms with Crippen LogP contribution in [0.4, 0.5) is 5.69 Å². The molecule has 12 heteroatoms. The Morgan fingerprint density at radius 2 is 1.95 bits per heavy atom. The first-order valence-electron chi connectivity index (χ1n) is 14.7. The van der Waals surface area contributed by atoms with Crippen molar-refractivity contribution >= 4 is 39.1 Å². The predicted octanol–water partition coefficient (Wildman–Crippen LogP) is 5.38. The lowest BCUT2D eigenvalue weighted by molar-refractivity contribution is 0.0910. The molecule has 2 atom stereocenters. The molecular weight excluding hydrogens is 600 g/mol. The molecule has 11 nitrogen and oxygen atoms in total. The lowest BCUT2D eigenvalue weighted by atomic mass is 9.78. The second kappa shape index (κ2) is 12.2. The molecular formula is C30H35BrN8O3. The van der Waals surface area contributed by atoms with Crippen molar-refractivity contribution in [3.8, 4) is 0 Å². The number of rotatable bonds is 11. The molecule has 1 unspecified atom stereocenters. The highest BCUT2D eigenvalue weighted by Gasteiger charge is 2.33. The zero-order valence-electron chi connectivity index (χ0n) is 23.8. The summed E-state index contributed by atoms with van der Waals surface area (Å²) in [6.45, 7) is 4.12. The molecule has 0 aliphatic heterocycles. The number of aryl methyl sites for hydroxylation is 1. The number of nitrogens with one attached hydrogen (secondary N) is 2. The number of halogens is 1. The SMILES string of the molecule is CCc1nonc1C(=O)N[C@H](C(=C=O)Nc1cnn(C(CC2CC2)c2cnc3ccc(Br)cn23)c1)C1CCC(C)CC1. The van der Waals surface area contributed by atoms with E-state index < -0.39 is 11.9 Å². The third-order valence-corrected chi connectivity index (χ3v) is 9.11. The maximum Gasteiger partial charge on any atom is 0.276 e. The molecule has 0 radical (unpaired) electrons. The van der Waals surface area contributed by atoms with Gasteiger partial charge in [-0.2, -0.15) is 5.10 Å². The van der Waals surface area contributed by atoms with Crippen molar-refractivity contribution < 1.29 is 14.2 Å². The Balaban J connectivity index is 1.26. The Hall–Kier alpha value is -3.76. The van der Waals surface area contributed by atoms with Crippen molar-refractivity contribution in [1.82, 2.24) is 34.8 Å². The van der Waals surface area contributed by atoms with Crippen LogP contribution in [0.25, 0.3) is 5.65 Å². The highest BCUT2D eigenvalue weighted by Crippen LogP contribution is 2.40. The van der Waals surface area contributed by atoms with Crippen LogP contribution in [0, 0.1) is 17.8 Å². The lowest BCUT2D eigenvalue weighted by Crippen LogP contribution is -2.45. The third kappa shape index (κ3) is 6.05. The molecule has 0 spiro atoms. The van der Waals surface area contributed by atoms with Gasteiger partial charge in [0.15, 0.2) is 5.69 Å². The molecule has 2 aliphatic rings. The average Bonchev–Trinajstić information content (AvgIpc) is 3.35. The first-order valence-corrected chi connectivity index (χ1v) is 15.5. The van der Waals surface area contributed by atoms with E-state index in [4.69, 9.17) is 9.73 Å². The van der Waals surface area contributed by atoms with Crippen LogP contribution in [0.15, 0.2) is 51.7 Å². The molecule has 0 aromatic carbocycles. The van der Waals surface area contributed by atoms with Gasteiger partial charge in [-0.3, -0.25) is 9.48 Å². The van der Waals surface area contributed by atoms with E-state index >= 15 is 0 Å². The number of imidazole rings is 1. The van der Waals surface area contributed by atoms with Gasteiger partial charge in [0.05, 0.1) is 35.9 Å². The topological polar surface area (TPSA) is 132 Å². The Morgan fingerprint density at radius 3 is 2.69 bits per heavy atom. The van der Waals surface area contributed by atoms with E-state index in [1.165, 1.54) is 12.8 Å². The van der Waals surface area contributed by atoms with E-state index in [1.54, 1.807) is 6.20 Å². The summed E-state index contributed by atoms with van der Waals surface area (Å²) in [5.41, 5.74) is 3.48. The number of anilines is 1. The number of hydrogen-bond acceptors (Lipinski definition) is 8. The number of fused-ring (bicyclic) bond motifs is 1. The van der Waals surface area contributed by atoms with Crippen molar-refractivity contribution in [2.24, 2.45) is 17.8 Å².